The second kappa shape index (κ2) is 7.60. The van der Waals surface area contributed by atoms with Crippen LogP contribution in [0.3, 0.4) is 0 Å². The summed E-state index contributed by atoms with van der Waals surface area (Å²) < 4.78 is 0. The zero-order valence-electron chi connectivity index (χ0n) is 9.86. The van der Waals surface area contributed by atoms with Gasteiger partial charge in [0.05, 0.1) is 8.07 Å². The molecule has 0 unspecified atom stereocenters. The fraction of sp³-hybridized carbons (Fsp3) is 0.917. The molecule has 0 aromatic heterocycles. The molecule has 13 heavy (non-hydrogen) atoms. The summed E-state index contributed by atoms with van der Waals surface area (Å²) >= 11 is 0. The first-order valence-electron chi connectivity index (χ1n) is 6.04. The highest BCUT2D eigenvalue weighted by atomic mass is 28.3. The molecular weight excluding hydrogens is 172 g/mol. The molecule has 1 radical (unpaired) electrons. The van der Waals surface area contributed by atoms with Gasteiger partial charge in [-0.1, -0.05) is 77.6 Å². The average molecular weight is 199 g/mol. The average Bonchev–Trinajstić information content (AvgIpc) is 2.06. The van der Waals surface area contributed by atoms with E-state index in [1.54, 1.807) is 18.1 Å². The maximum absolute atomic E-state index is 4.05. The summed E-state index contributed by atoms with van der Waals surface area (Å²) in [6, 6.07) is 6.11. The van der Waals surface area contributed by atoms with Crippen LogP contribution in [0.1, 0.15) is 46.5 Å². The lowest BCUT2D eigenvalue weighted by Crippen LogP contribution is -2.32. The van der Waals surface area contributed by atoms with Gasteiger partial charge in [0.1, 0.15) is 0 Å². The molecule has 0 aliphatic heterocycles. The number of hydrogen-bond donors (Lipinski definition) is 0. The van der Waals surface area contributed by atoms with E-state index < -0.39 is 8.07 Å². The van der Waals surface area contributed by atoms with E-state index in [4.69, 9.17) is 0 Å². The second-order valence-electron chi connectivity index (χ2n) is 4.35. The van der Waals surface area contributed by atoms with Gasteiger partial charge < -0.3 is 0 Å². The molecule has 0 saturated carbocycles. The highest BCUT2D eigenvalue weighted by Gasteiger charge is 2.28. The Morgan fingerprint density at radius 2 is 1.15 bits per heavy atom. The van der Waals surface area contributed by atoms with Crippen LogP contribution in [0.15, 0.2) is 0 Å². The smallest absolute Gasteiger partial charge is 0.0535 e. The van der Waals surface area contributed by atoms with Gasteiger partial charge in [-0.3, -0.25) is 0 Å². The summed E-state index contributed by atoms with van der Waals surface area (Å²) in [6.45, 7) is 11.1. The van der Waals surface area contributed by atoms with Crippen molar-refractivity contribution < 1.29 is 0 Å². The molecule has 0 aromatic rings. The lowest BCUT2D eigenvalue weighted by atomic mass is 10.5. The van der Waals surface area contributed by atoms with Crippen molar-refractivity contribution in [1.82, 2.24) is 0 Å². The van der Waals surface area contributed by atoms with Crippen molar-refractivity contribution >= 4 is 8.07 Å². The van der Waals surface area contributed by atoms with Crippen molar-refractivity contribution in [2.75, 3.05) is 0 Å². The van der Waals surface area contributed by atoms with Crippen LogP contribution in [0.4, 0.5) is 0 Å². The van der Waals surface area contributed by atoms with Gasteiger partial charge in [0.25, 0.3) is 0 Å². The molecule has 0 amide bonds. The molecule has 0 N–H and O–H groups in total. The Kier molecular flexibility index (Phi) is 7.73. The van der Waals surface area contributed by atoms with Crippen molar-refractivity contribution in [3.63, 3.8) is 0 Å². The summed E-state index contributed by atoms with van der Waals surface area (Å²) in [5.74, 6) is 0. The molecule has 0 spiro atoms. The zero-order valence-corrected chi connectivity index (χ0v) is 10.9. The monoisotopic (exact) mass is 199 g/mol. The van der Waals surface area contributed by atoms with Crippen molar-refractivity contribution in [2.24, 2.45) is 0 Å². The lowest BCUT2D eigenvalue weighted by molar-refractivity contribution is 0.895. The van der Waals surface area contributed by atoms with Crippen LogP contribution in [-0.4, -0.2) is 8.07 Å². The highest BCUT2D eigenvalue weighted by Crippen LogP contribution is 2.31. The maximum atomic E-state index is 4.05. The molecule has 0 aromatic carbocycles. The van der Waals surface area contributed by atoms with E-state index in [9.17, 15) is 0 Å². The third-order valence-corrected chi connectivity index (χ3v) is 9.14. The van der Waals surface area contributed by atoms with Crippen LogP contribution in [0.2, 0.25) is 24.2 Å². The fourth-order valence-corrected chi connectivity index (χ4v) is 8.15. The molecular formula is C12H27Si. The van der Waals surface area contributed by atoms with Crippen molar-refractivity contribution in [3.05, 3.63) is 6.92 Å². The standard InChI is InChI=1S/C12H27Si/c1-5-9-13(10-6-2,11-7-3)12-8-4/h1,5-12H2,2-4H3. The summed E-state index contributed by atoms with van der Waals surface area (Å²) in [5.41, 5.74) is 0. The third-order valence-electron chi connectivity index (χ3n) is 3.05. The minimum Gasteiger partial charge on any atom is -0.0657 e. The quantitative estimate of drug-likeness (QED) is 0.488. The van der Waals surface area contributed by atoms with Crippen LogP contribution in [0, 0.1) is 6.92 Å². The highest BCUT2D eigenvalue weighted by molar-refractivity contribution is 6.79. The summed E-state index contributed by atoms with van der Waals surface area (Å²) in [7, 11) is -0.858. The minimum atomic E-state index is -0.858. The van der Waals surface area contributed by atoms with Gasteiger partial charge in [-0.05, 0) is 0 Å². The fourth-order valence-electron chi connectivity index (χ4n) is 2.72. The van der Waals surface area contributed by atoms with E-state index in [1.807, 2.05) is 0 Å². The van der Waals surface area contributed by atoms with E-state index in [2.05, 4.69) is 27.7 Å². The first kappa shape index (κ1) is 13.2. The Morgan fingerprint density at radius 3 is 1.38 bits per heavy atom. The molecule has 0 aliphatic carbocycles. The molecule has 0 aliphatic rings. The molecule has 0 heterocycles. The Labute approximate surface area is 86.1 Å². The Balaban J connectivity index is 4.19. The van der Waals surface area contributed by atoms with E-state index in [0.717, 1.165) is 0 Å². The predicted molar refractivity (Wildman–Crippen MR) is 65.8 cm³/mol. The predicted octanol–water partition coefficient (Wildman–Crippen LogP) is 4.89. The van der Waals surface area contributed by atoms with Gasteiger partial charge in [0, 0.05) is 0 Å². The summed E-state index contributed by atoms with van der Waals surface area (Å²) in [5, 5.41) is 0. The third kappa shape index (κ3) is 4.85. The summed E-state index contributed by atoms with van der Waals surface area (Å²) in [4.78, 5) is 0. The van der Waals surface area contributed by atoms with Gasteiger partial charge in [-0.15, -0.1) is 0 Å². The van der Waals surface area contributed by atoms with Crippen LogP contribution in [0.5, 0.6) is 0 Å². The Bertz CT molecular complexity index is 80.2. The lowest BCUT2D eigenvalue weighted by Gasteiger charge is -2.31. The van der Waals surface area contributed by atoms with Gasteiger partial charge >= 0.3 is 0 Å². The van der Waals surface area contributed by atoms with Gasteiger partial charge in [0.2, 0.25) is 0 Å². The van der Waals surface area contributed by atoms with E-state index >= 15 is 0 Å². The zero-order chi connectivity index (χ0) is 10.2. The molecule has 0 nitrogen and oxygen atoms in total. The molecule has 0 saturated heterocycles. The number of rotatable bonds is 8. The van der Waals surface area contributed by atoms with Crippen molar-refractivity contribution in [3.8, 4) is 0 Å². The SMILES string of the molecule is [CH2]CC[Si](CCC)(CCC)CCC. The first-order valence-corrected chi connectivity index (χ1v) is 8.86. The van der Waals surface area contributed by atoms with Gasteiger partial charge in [-0.2, -0.15) is 0 Å². The normalized spacial score (nSPS) is 12.0. The van der Waals surface area contributed by atoms with Crippen molar-refractivity contribution in [1.29, 1.82) is 0 Å². The van der Waals surface area contributed by atoms with Crippen LogP contribution >= 0.6 is 0 Å². The summed E-state index contributed by atoms with van der Waals surface area (Å²) in [6.07, 6.45) is 5.36. The topological polar surface area (TPSA) is 0 Å². The molecule has 1 heteroatoms. The molecule has 0 bridgehead atoms. The number of hydrogen-bond acceptors (Lipinski definition) is 0. The Hall–Kier alpha value is 0.217. The Morgan fingerprint density at radius 1 is 0.769 bits per heavy atom. The van der Waals surface area contributed by atoms with Crippen LogP contribution in [-0.2, 0) is 0 Å². The van der Waals surface area contributed by atoms with Crippen molar-refractivity contribution in [2.45, 2.75) is 70.6 Å². The molecule has 0 fully saturated rings. The van der Waals surface area contributed by atoms with E-state index in [0.29, 0.717) is 0 Å². The molecule has 0 rings (SSSR count). The minimum absolute atomic E-state index is 0.858. The van der Waals surface area contributed by atoms with Crippen LogP contribution < -0.4 is 0 Å². The second-order valence-corrected chi connectivity index (χ2v) is 9.35. The molecule has 0 atom stereocenters. The maximum Gasteiger partial charge on any atom is 0.0535 e. The van der Waals surface area contributed by atoms with Gasteiger partial charge in [-0.25, -0.2) is 0 Å². The largest absolute Gasteiger partial charge is 0.0657 e. The van der Waals surface area contributed by atoms with Crippen LogP contribution in [0.25, 0.3) is 0 Å². The first-order chi connectivity index (χ1) is 6.24. The van der Waals surface area contributed by atoms with E-state index in [1.165, 1.54) is 31.7 Å². The molecule has 79 valence electrons. The van der Waals surface area contributed by atoms with E-state index in [-0.39, 0.29) is 0 Å². The van der Waals surface area contributed by atoms with Gasteiger partial charge in [0.15, 0.2) is 0 Å².